The normalized spacial score (nSPS) is 28.1. The summed E-state index contributed by atoms with van der Waals surface area (Å²) in [6, 6.07) is 0.411. The molecule has 0 radical (unpaired) electrons. The van der Waals surface area contributed by atoms with E-state index in [1.165, 1.54) is 0 Å². The molecule has 102 valence electrons. The fourth-order valence-electron chi connectivity index (χ4n) is 2.86. The summed E-state index contributed by atoms with van der Waals surface area (Å²) in [5, 5.41) is 21.8. The van der Waals surface area contributed by atoms with E-state index >= 15 is 0 Å². The Morgan fingerprint density at radius 3 is 2.89 bits per heavy atom. The number of nitrogens with zero attached hydrogens (tertiary/aromatic N) is 2. The lowest BCUT2D eigenvalue weighted by Crippen LogP contribution is -2.50. The molecule has 2 fully saturated rings. The summed E-state index contributed by atoms with van der Waals surface area (Å²) in [4.78, 5) is 15.8. The Morgan fingerprint density at radius 2 is 2.28 bits per heavy atom. The third kappa shape index (κ3) is 3.03. The van der Waals surface area contributed by atoms with Crippen molar-refractivity contribution in [2.24, 2.45) is 0 Å². The Labute approximate surface area is 108 Å². The molecular weight excluding hydrogens is 233 g/mol. The number of nitrogens with one attached hydrogen (secondary N) is 1. The zero-order valence-electron chi connectivity index (χ0n) is 10.9. The van der Waals surface area contributed by atoms with Crippen molar-refractivity contribution in [3.05, 3.63) is 0 Å². The fourth-order valence-corrected chi connectivity index (χ4v) is 2.86. The van der Waals surface area contributed by atoms with Crippen LogP contribution in [0.3, 0.4) is 0 Å². The van der Waals surface area contributed by atoms with Crippen molar-refractivity contribution in [2.75, 3.05) is 33.2 Å². The van der Waals surface area contributed by atoms with Crippen molar-refractivity contribution < 1.29 is 14.8 Å². The highest BCUT2D eigenvalue weighted by molar-refractivity contribution is 6.43. The standard InChI is InChI=1S/C11H22BN3O3/c1-14(9-4-5-13-7-9)8-11(16)15-6-2-3-10(15)12(17)18/h9-10,13,17-18H,2-8H2,1H3/t9-,10+/m1/s1. The van der Waals surface area contributed by atoms with E-state index in [0.717, 1.165) is 25.9 Å². The molecule has 6 nitrogen and oxygen atoms in total. The summed E-state index contributed by atoms with van der Waals surface area (Å²) < 4.78 is 0. The Morgan fingerprint density at radius 1 is 1.50 bits per heavy atom. The first kappa shape index (κ1) is 13.8. The van der Waals surface area contributed by atoms with Gasteiger partial charge in [-0.25, -0.2) is 0 Å². The smallest absolute Gasteiger partial charge is 0.426 e. The summed E-state index contributed by atoms with van der Waals surface area (Å²) in [5.41, 5.74) is 0. The number of amides is 1. The SMILES string of the molecule is CN(CC(=O)N1CCC[C@H]1B(O)O)[C@@H]1CCNC1. The molecule has 2 aliphatic rings. The van der Waals surface area contributed by atoms with E-state index in [0.29, 0.717) is 25.6 Å². The van der Waals surface area contributed by atoms with E-state index < -0.39 is 13.1 Å². The maximum atomic E-state index is 12.2. The highest BCUT2D eigenvalue weighted by Gasteiger charge is 2.37. The van der Waals surface area contributed by atoms with E-state index in [2.05, 4.69) is 10.2 Å². The van der Waals surface area contributed by atoms with Crippen LogP contribution in [0.15, 0.2) is 0 Å². The van der Waals surface area contributed by atoms with Crippen LogP contribution in [0.5, 0.6) is 0 Å². The van der Waals surface area contributed by atoms with Crippen LogP contribution in [0.1, 0.15) is 19.3 Å². The summed E-state index contributed by atoms with van der Waals surface area (Å²) in [5.74, 6) is -0.424. The van der Waals surface area contributed by atoms with E-state index in [4.69, 9.17) is 0 Å². The molecule has 2 aliphatic heterocycles. The van der Waals surface area contributed by atoms with Crippen molar-refractivity contribution in [1.82, 2.24) is 15.1 Å². The predicted octanol–water partition coefficient (Wildman–Crippen LogP) is -1.72. The molecule has 0 aromatic rings. The number of likely N-dealkylation sites (N-methyl/N-ethyl adjacent to an activating group) is 1. The molecule has 1 amide bonds. The number of carbonyl (C=O) groups excluding carboxylic acids is 1. The minimum absolute atomic E-state index is 0. The van der Waals surface area contributed by atoms with E-state index in [9.17, 15) is 14.8 Å². The van der Waals surface area contributed by atoms with Gasteiger partial charge in [-0.3, -0.25) is 9.69 Å². The Kier molecular flexibility index (Phi) is 4.61. The maximum absolute atomic E-state index is 12.2. The molecule has 2 heterocycles. The molecule has 0 saturated carbocycles. The van der Waals surface area contributed by atoms with E-state index in [1.54, 1.807) is 4.90 Å². The average molecular weight is 255 g/mol. The fraction of sp³-hybridized carbons (Fsp3) is 0.909. The molecule has 3 N–H and O–H groups in total. The summed E-state index contributed by atoms with van der Waals surface area (Å²) in [7, 11) is 0.533. The topological polar surface area (TPSA) is 76.0 Å². The molecule has 0 bridgehead atoms. The van der Waals surface area contributed by atoms with Crippen LogP contribution >= 0.6 is 0 Å². The number of rotatable bonds is 4. The zero-order chi connectivity index (χ0) is 13.1. The second kappa shape index (κ2) is 6.01. The molecule has 0 unspecified atom stereocenters. The first-order valence-electron chi connectivity index (χ1n) is 6.66. The third-order valence-electron chi connectivity index (χ3n) is 4.01. The van der Waals surface area contributed by atoms with E-state index in [-0.39, 0.29) is 5.91 Å². The molecule has 0 aliphatic carbocycles. The van der Waals surface area contributed by atoms with Crippen LogP contribution in [-0.4, -0.2) is 78.1 Å². The lowest BCUT2D eigenvalue weighted by atomic mass is 9.78. The van der Waals surface area contributed by atoms with Gasteiger partial charge in [-0.15, -0.1) is 0 Å². The molecule has 2 rings (SSSR count). The number of hydrogen-bond acceptors (Lipinski definition) is 5. The quantitative estimate of drug-likeness (QED) is 0.521. The molecule has 2 atom stereocenters. The number of likely N-dealkylation sites (tertiary alicyclic amines) is 1. The summed E-state index contributed by atoms with van der Waals surface area (Å²) in [6.07, 6.45) is 2.59. The second-order valence-corrected chi connectivity index (χ2v) is 5.27. The monoisotopic (exact) mass is 255 g/mol. The van der Waals surface area contributed by atoms with E-state index in [1.807, 2.05) is 7.05 Å². The van der Waals surface area contributed by atoms with Gasteiger partial charge in [-0.2, -0.15) is 0 Å². The Balaban J connectivity index is 1.86. The van der Waals surface area contributed by atoms with Gasteiger partial charge >= 0.3 is 7.12 Å². The van der Waals surface area contributed by atoms with Crippen molar-refractivity contribution in [2.45, 2.75) is 31.2 Å². The Bertz CT molecular complexity index is 297. The van der Waals surface area contributed by atoms with Gasteiger partial charge in [-0.05, 0) is 32.9 Å². The molecule has 0 spiro atoms. The lowest BCUT2D eigenvalue weighted by Gasteiger charge is -2.28. The molecule has 0 aromatic carbocycles. The average Bonchev–Trinajstić information content (AvgIpc) is 3.00. The predicted molar refractivity (Wildman–Crippen MR) is 68.8 cm³/mol. The Hall–Kier alpha value is -0.625. The highest BCUT2D eigenvalue weighted by Crippen LogP contribution is 2.18. The van der Waals surface area contributed by atoms with Crippen molar-refractivity contribution in [3.8, 4) is 0 Å². The van der Waals surface area contributed by atoms with Crippen molar-refractivity contribution in [3.63, 3.8) is 0 Å². The van der Waals surface area contributed by atoms with Crippen LogP contribution in [0.4, 0.5) is 0 Å². The van der Waals surface area contributed by atoms with Gasteiger partial charge in [0.2, 0.25) is 5.91 Å². The third-order valence-corrected chi connectivity index (χ3v) is 4.01. The summed E-state index contributed by atoms with van der Waals surface area (Å²) in [6.45, 7) is 2.92. The molecule has 18 heavy (non-hydrogen) atoms. The van der Waals surface area contributed by atoms with Gasteiger partial charge in [0, 0.05) is 19.1 Å². The van der Waals surface area contributed by atoms with Gasteiger partial charge in [-0.1, -0.05) is 0 Å². The van der Waals surface area contributed by atoms with Crippen LogP contribution in [0, 0.1) is 0 Å². The molecule has 0 aromatic heterocycles. The van der Waals surface area contributed by atoms with Gasteiger partial charge in [0.1, 0.15) is 0 Å². The van der Waals surface area contributed by atoms with Crippen LogP contribution in [0.2, 0.25) is 0 Å². The van der Waals surface area contributed by atoms with Gasteiger partial charge in [0.15, 0.2) is 0 Å². The molecule has 2 saturated heterocycles. The maximum Gasteiger partial charge on any atom is 0.475 e. The van der Waals surface area contributed by atoms with Gasteiger partial charge < -0.3 is 20.3 Å². The molecule has 7 heteroatoms. The van der Waals surface area contributed by atoms with Crippen molar-refractivity contribution in [1.29, 1.82) is 0 Å². The van der Waals surface area contributed by atoms with Crippen LogP contribution in [0.25, 0.3) is 0 Å². The number of hydrogen-bond donors (Lipinski definition) is 3. The first-order valence-corrected chi connectivity index (χ1v) is 6.66. The van der Waals surface area contributed by atoms with Crippen LogP contribution in [-0.2, 0) is 4.79 Å². The lowest BCUT2D eigenvalue weighted by molar-refractivity contribution is -0.132. The second-order valence-electron chi connectivity index (χ2n) is 5.27. The largest absolute Gasteiger partial charge is 0.475 e. The summed E-state index contributed by atoms with van der Waals surface area (Å²) >= 11 is 0. The van der Waals surface area contributed by atoms with Gasteiger partial charge in [0.05, 0.1) is 12.5 Å². The zero-order valence-corrected chi connectivity index (χ0v) is 10.9. The van der Waals surface area contributed by atoms with Crippen molar-refractivity contribution >= 4 is 13.0 Å². The minimum Gasteiger partial charge on any atom is -0.426 e. The first-order chi connectivity index (χ1) is 8.59. The highest BCUT2D eigenvalue weighted by atomic mass is 16.4. The molecular formula is C11H22BN3O3. The minimum atomic E-state index is -1.42. The van der Waals surface area contributed by atoms with Crippen LogP contribution < -0.4 is 5.32 Å². The van der Waals surface area contributed by atoms with Gasteiger partial charge in [0.25, 0.3) is 0 Å². The number of carbonyl (C=O) groups is 1.